The Morgan fingerprint density at radius 2 is 2.24 bits per heavy atom. The van der Waals surface area contributed by atoms with Crippen molar-refractivity contribution in [2.75, 3.05) is 23.8 Å². The van der Waals surface area contributed by atoms with Crippen molar-refractivity contribution < 1.29 is 9.53 Å². The summed E-state index contributed by atoms with van der Waals surface area (Å²) in [5, 5.41) is 5.91. The van der Waals surface area contributed by atoms with Gasteiger partial charge in [-0.25, -0.2) is 9.97 Å². The fraction of sp³-hybridized carbons (Fsp3) is 0.154. The summed E-state index contributed by atoms with van der Waals surface area (Å²) in [5.74, 6) is 0.611. The average molecular weight is 414 g/mol. The SMILES string of the molecule is O=C(Nc1ncc(Br)nc1Br)c1cccc2c1OCCN2. The molecule has 6 nitrogen and oxygen atoms in total. The minimum Gasteiger partial charge on any atom is -0.489 e. The fourth-order valence-electron chi connectivity index (χ4n) is 1.95. The minimum absolute atomic E-state index is 0.298. The van der Waals surface area contributed by atoms with Crippen molar-refractivity contribution in [3.8, 4) is 5.75 Å². The zero-order valence-corrected chi connectivity index (χ0v) is 13.9. The molecule has 0 radical (unpaired) electrons. The lowest BCUT2D eigenvalue weighted by Gasteiger charge is -2.21. The van der Waals surface area contributed by atoms with E-state index >= 15 is 0 Å². The van der Waals surface area contributed by atoms with E-state index in [9.17, 15) is 4.79 Å². The molecule has 0 unspecified atom stereocenters. The van der Waals surface area contributed by atoms with Crippen molar-refractivity contribution in [3.63, 3.8) is 0 Å². The van der Waals surface area contributed by atoms with Crippen LogP contribution in [-0.2, 0) is 0 Å². The second kappa shape index (κ2) is 5.98. The first-order chi connectivity index (χ1) is 10.1. The molecule has 1 aliphatic heterocycles. The summed E-state index contributed by atoms with van der Waals surface area (Å²) in [6.45, 7) is 1.25. The van der Waals surface area contributed by atoms with Crippen LogP contribution < -0.4 is 15.4 Å². The van der Waals surface area contributed by atoms with Gasteiger partial charge in [0.2, 0.25) is 0 Å². The summed E-state index contributed by atoms with van der Waals surface area (Å²) in [6, 6.07) is 5.39. The third kappa shape index (κ3) is 3.01. The van der Waals surface area contributed by atoms with E-state index in [2.05, 4.69) is 52.5 Å². The highest BCUT2D eigenvalue weighted by Gasteiger charge is 2.20. The third-order valence-electron chi connectivity index (χ3n) is 2.86. The highest BCUT2D eigenvalue weighted by atomic mass is 79.9. The first-order valence-electron chi connectivity index (χ1n) is 6.14. The quantitative estimate of drug-likeness (QED) is 0.791. The van der Waals surface area contributed by atoms with Gasteiger partial charge >= 0.3 is 0 Å². The molecule has 2 aromatic rings. The van der Waals surface area contributed by atoms with Gasteiger partial charge in [0.15, 0.2) is 11.6 Å². The van der Waals surface area contributed by atoms with Gasteiger partial charge in [0, 0.05) is 6.54 Å². The van der Waals surface area contributed by atoms with Crippen molar-refractivity contribution in [2.24, 2.45) is 0 Å². The lowest BCUT2D eigenvalue weighted by Crippen LogP contribution is -2.22. The number of rotatable bonds is 2. The summed E-state index contributed by atoms with van der Waals surface area (Å²) in [6.07, 6.45) is 1.51. The number of nitrogens with one attached hydrogen (secondary N) is 2. The third-order valence-corrected chi connectivity index (χ3v) is 3.79. The average Bonchev–Trinajstić information content (AvgIpc) is 2.49. The van der Waals surface area contributed by atoms with E-state index in [1.54, 1.807) is 12.1 Å². The molecule has 1 aliphatic rings. The lowest BCUT2D eigenvalue weighted by molar-refractivity contribution is 0.102. The van der Waals surface area contributed by atoms with E-state index < -0.39 is 0 Å². The van der Waals surface area contributed by atoms with Gasteiger partial charge in [-0.05, 0) is 44.0 Å². The maximum Gasteiger partial charge on any atom is 0.260 e. The molecule has 1 aromatic carbocycles. The lowest BCUT2D eigenvalue weighted by atomic mass is 10.1. The number of fused-ring (bicyclic) bond motifs is 1. The fourth-order valence-corrected chi connectivity index (χ4v) is 2.86. The van der Waals surface area contributed by atoms with E-state index in [4.69, 9.17) is 4.74 Å². The molecular formula is C13H10Br2N4O2. The van der Waals surface area contributed by atoms with Crippen LogP contribution in [-0.4, -0.2) is 29.0 Å². The Kier molecular flexibility index (Phi) is 4.07. The minimum atomic E-state index is -0.298. The number of carbonyl (C=O) groups excluding carboxylic acids is 1. The molecule has 21 heavy (non-hydrogen) atoms. The van der Waals surface area contributed by atoms with Gasteiger partial charge in [0.05, 0.1) is 17.4 Å². The number of benzene rings is 1. The number of para-hydroxylation sites is 1. The van der Waals surface area contributed by atoms with Crippen LogP contribution in [0.25, 0.3) is 0 Å². The van der Waals surface area contributed by atoms with Gasteiger partial charge in [-0.2, -0.15) is 0 Å². The summed E-state index contributed by atoms with van der Waals surface area (Å²) in [4.78, 5) is 20.6. The highest BCUT2D eigenvalue weighted by molar-refractivity contribution is 9.11. The topological polar surface area (TPSA) is 76.1 Å². The number of hydrogen-bond acceptors (Lipinski definition) is 5. The van der Waals surface area contributed by atoms with Crippen LogP contribution in [0, 0.1) is 0 Å². The Bertz CT molecular complexity index is 709. The van der Waals surface area contributed by atoms with Gasteiger partial charge in [-0.3, -0.25) is 4.79 Å². The maximum absolute atomic E-state index is 12.4. The largest absolute Gasteiger partial charge is 0.489 e. The number of amides is 1. The van der Waals surface area contributed by atoms with Crippen LogP contribution in [0.5, 0.6) is 5.75 Å². The van der Waals surface area contributed by atoms with E-state index in [0.29, 0.717) is 32.9 Å². The number of ether oxygens (including phenoxy) is 1. The van der Waals surface area contributed by atoms with Crippen molar-refractivity contribution >= 4 is 49.3 Å². The molecule has 2 heterocycles. The van der Waals surface area contributed by atoms with Crippen LogP contribution in [0.15, 0.2) is 33.6 Å². The molecule has 0 atom stereocenters. The monoisotopic (exact) mass is 412 g/mol. The number of aromatic nitrogens is 2. The second-order valence-electron chi connectivity index (χ2n) is 4.24. The number of anilines is 2. The van der Waals surface area contributed by atoms with Crippen LogP contribution in [0.3, 0.4) is 0 Å². The summed E-state index contributed by atoms with van der Waals surface area (Å²) in [5.41, 5.74) is 1.27. The standard InChI is InChI=1S/C13H10Br2N4O2/c14-9-6-17-12(11(15)18-9)19-13(20)7-2-1-3-8-10(7)21-5-4-16-8/h1-3,6,16H,4-5H2,(H,17,19,20). The molecule has 0 saturated heterocycles. The Labute approximate surface area is 137 Å². The van der Waals surface area contributed by atoms with Crippen LogP contribution in [0.2, 0.25) is 0 Å². The molecular weight excluding hydrogens is 404 g/mol. The van der Waals surface area contributed by atoms with Crippen LogP contribution in [0.1, 0.15) is 10.4 Å². The molecule has 0 aliphatic carbocycles. The summed E-state index contributed by atoms with van der Waals surface area (Å²) in [7, 11) is 0. The van der Waals surface area contributed by atoms with E-state index in [1.807, 2.05) is 6.07 Å². The van der Waals surface area contributed by atoms with Gasteiger partial charge in [0.25, 0.3) is 5.91 Å². The van der Waals surface area contributed by atoms with Gasteiger partial charge < -0.3 is 15.4 Å². The molecule has 0 fully saturated rings. The summed E-state index contributed by atoms with van der Waals surface area (Å²) >= 11 is 6.47. The normalized spacial score (nSPS) is 12.9. The molecule has 0 spiro atoms. The molecule has 8 heteroatoms. The van der Waals surface area contributed by atoms with Crippen molar-refractivity contribution in [1.82, 2.24) is 9.97 Å². The van der Waals surface area contributed by atoms with Crippen molar-refractivity contribution in [3.05, 3.63) is 39.2 Å². The molecule has 108 valence electrons. The number of carbonyl (C=O) groups is 1. The first kappa shape index (κ1) is 14.3. The molecule has 1 aromatic heterocycles. The first-order valence-corrected chi connectivity index (χ1v) is 7.73. The molecule has 3 rings (SSSR count). The molecule has 0 bridgehead atoms. The maximum atomic E-state index is 12.4. The Morgan fingerprint density at radius 1 is 1.38 bits per heavy atom. The Hall–Kier alpha value is -1.67. The molecule has 1 amide bonds. The van der Waals surface area contributed by atoms with E-state index in [0.717, 1.165) is 12.2 Å². The smallest absolute Gasteiger partial charge is 0.260 e. The summed E-state index contributed by atoms with van der Waals surface area (Å²) < 4.78 is 6.62. The zero-order chi connectivity index (χ0) is 14.8. The molecule has 2 N–H and O–H groups in total. The Morgan fingerprint density at radius 3 is 3.05 bits per heavy atom. The molecule has 0 saturated carbocycles. The van der Waals surface area contributed by atoms with Crippen molar-refractivity contribution in [2.45, 2.75) is 0 Å². The second-order valence-corrected chi connectivity index (χ2v) is 5.81. The number of halogens is 2. The predicted molar refractivity (Wildman–Crippen MR) is 85.8 cm³/mol. The van der Waals surface area contributed by atoms with Gasteiger partial charge in [0.1, 0.15) is 15.8 Å². The Balaban J connectivity index is 1.89. The van der Waals surface area contributed by atoms with E-state index in [-0.39, 0.29) is 5.91 Å². The zero-order valence-electron chi connectivity index (χ0n) is 10.7. The van der Waals surface area contributed by atoms with Crippen LogP contribution >= 0.6 is 31.9 Å². The van der Waals surface area contributed by atoms with Gasteiger partial charge in [-0.1, -0.05) is 6.07 Å². The number of nitrogens with zero attached hydrogens (tertiary/aromatic N) is 2. The predicted octanol–water partition coefficient (Wildman–Crippen LogP) is 3.06. The van der Waals surface area contributed by atoms with Crippen molar-refractivity contribution in [1.29, 1.82) is 0 Å². The highest BCUT2D eigenvalue weighted by Crippen LogP contribution is 2.32. The number of hydrogen-bond donors (Lipinski definition) is 2. The van der Waals surface area contributed by atoms with Crippen LogP contribution in [0.4, 0.5) is 11.5 Å². The van der Waals surface area contributed by atoms with E-state index in [1.165, 1.54) is 6.20 Å². The van der Waals surface area contributed by atoms with Gasteiger partial charge in [-0.15, -0.1) is 0 Å².